The number of nitrogens with two attached hydrogens (primary N) is 1. The molecule has 0 spiro atoms. The Kier molecular flexibility index (Phi) is 3.52. The summed E-state index contributed by atoms with van der Waals surface area (Å²) in [5.41, 5.74) is 4.96. The van der Waals surface area contributed by atoms with E-state index in [2.05, 4.69) is 39.8 Å². The van der Waals surface area contributed by atoms with Crippen LogP contribution in [0.2, 0.25) is 0 Å². The normalized spacial score (nSPS) is 14.1. The Morgan fingerprint density at radius 1 is 1.20 bits per heavy atom. The van der Waals surface area contributed by atoms with Gasteiger partial charge in [0.1, 0.15) is 17.5 Å². The lowest BCUT2D eigenvalue weighted by Crippen LogP contribution is -2.11. The van der Waals surface area contributed by atoms with Crippen molar-refractivity contribution in [1.29, 1.82) is 0 Å². The van der Waals surface area contributed by atoms with Crippen LogP contribution >= 0.6 is 0 Å². The lowest BCUT2D eigenvalue weighted by Gasteiger charge is -2.12. The van der Waals surface area contributed by atoms with Gasteiger partial charge in [0.05, 0.1) is 0 Å². The first kappa shape index (κ1) is 12.9. The number of rotatable bonds is 5. The van der Waals surface area contributed by atoms with Crippen molar-refractivity contribution in [3.8, 4) is 0 Å². The molecule has 1 saturated carbocycles. The van der Waals surface area contributed by atoms with Gasteiger partial charge in [0.25, 0.3) is 0 Å². The molecule has 1 aliphatic carbocycles. The smallest absolute Gasteiger partial charge is 0.145 e. The van der Waals surface area contributed by atoms with E-state index in [1.807, 2.05) is 18.2 Å². The van der Waals surface area contributed by atoms with Crippen molar-refractivity contribution in [2.24, 2.45) is 5.84 Å². The maximum atomic E-state index is 5.49. The number of benzene rings is 1. The highest BCUT2D eigenvalue weighted by atomic mass is 15.3. The SMILES string of the molecule is CCc1ccccc1Nc1cc(NN)nc(C2CC2)n1. The van der Waals surface area contributed by atoms with Crippen LogP contribution in [0.5, 0.6) is 0 Å². The highest BCUT2D eigenvalue weighted by molar-refractivity contribution is 5.62. The topological polar surface area (TPSA) is 75.9 Å². The predicted molar refractivity (Wildman–Crippen MR) is 80.9 cm³/mol. The van der Waals surface area contributed by atoms with Gasteiger partial charge >= 0.3 is 0 Å². The minimum Gasteiger partial charge on any atom is -0.340 e. The van der Waals surface area contributed by atoms with Crippen molar-refractivity contribution < 1.29 is 0 Å². The van der Waals surface area contributed by atoms with Crippen LogP contribution in [-0.2, 0) is 6.42 Å². The minimum atomic E-state index is 0.491. The van der Waals surface area contributed by atoms with Crippen LogP contribution in [0.4, 0.5) is 17.3 Å². The van der Waals surface area contributed by atoms with Gasteiger partial charge in [-0.15, -0.1) is 0 Å². The summed E-state index contributed by atoms with van der Waals surface area (Å²) in [6.07, 6.45) is 3.31. The molecule has 0 atom stereocenters. The van der Waals surface area contributed by atoms with E-state index in [1.165, 1.54) is 18.4 Å². The van der Waals surface area contributed by atoms with Crippen molar-refractivity contribution in [1.82, 2.24) is 9.97 Å². The second kappa shape index (κ2) is 5.46. The molecule has 0 amide bonds. The Morgan fingerprint density at radius 3 is 2.65 bits per heavy atom. The van der Waals surface area contributed by atoms with Gasteiger partial charge < -0.3 is 10.7 Å². The molecule has 5 heteroatoms. The van der Waals surface area contributed by atoms with E-state index in [9.17, 15) is 0 Å². The molecule has 2 aromatic rings. The predicted octanol–water partition coefficient (Wildman–Crippen LogP) is 2.95. The molecular formula is C15H19N5. The summed E-state index contributed by atoms with van der Waals surface area (Å²) in [4.78, 5) is 9.01. The molecule has 1 fully saturated rings. The van der Waals surface area contributed by atoms with Gasteiger partial charge in [0.15, 0.2) is 0 Å². The molecule has 0 bridgehead atoms. The van der Waals surface area contributed by atoms with E-state index in [1.54, 1.807) is 0 Å². The van der Waals surface area contributed by atoms with Crippen molar-refractivity contribution in [3.63, 3.8) is 0 Å². The van der Waals surface area contributed by atoms with Gasteiger partial charge in [-0.1, -0.05) is 25.1 Å². The molecule has 1 aromatic heterocycles. The Morgan fingerprint density at radius 2 is 1.95 bits per heavy atom. The Bertz CT molecular complexity index is 607. The molecule has 4 N–H and O–H groups in total. The van der Waals surface area contributed by atoms with Crippen LogP contribution in [0, 0.1) is 0 Å². The molecule has 1 heterocycles. The van der Waals surface area contributed by atoms with Gasteiger partial charge in [0, 0.05) is 17.7 Å². The molecule has 0 radical (unpaired) electrons. The average molecular weight is 269 g/mol. The van der Waals surface area contributed by atoms with E-state index in [-0.39, 0.29) is 0 Å². The molecule has 0 unspecified atom stereocenters. The summed E-state index contributed by atoms with van der Waals surface area (Å²) in [7, 11) is 0. The number of aryl methyl sites for hydroxylation is 1. The van der Waals surface area contributed by atoms with E-state index in [4.69, 9.17) is 5.84 Å². The third-order valence-electron chi connectivity index (χ3n) is 3.49. The average Bonchev–Trinajstić information content (AvgIpc) is 3.32. The first-order chi connectivity index (χ1) is 9.80. The summed E-state index contributed by atoms with van der Waals surface area (Å²) in [6, 6.07) is 10.1. The number of anilines is 3. The number of hydrogen-bond donors (Lipinski definition) is 3. The Balaban J connectivity index is 1.91. The van der Waals surface area contributed by atoms with Gasteiger partial charge in [-0.2, -0.15) is 0 Å². The summed E-state index contributed by atoms with van der Waals surface area (Å²) in [5, 5.41) is 3.37. The molecule has 20 heavy (non-hydrogen) atoms. The highest BCUT2D eigenvalue weighted by Crippen LogP contribution is 2.39. The van der Waals surface area contributed by atoms with Crippen molar-refractivity contribution >= 4 is 17.3 Å². The molecule has 104 valence electrons. The zero-order valence-electron chi connectivity index (χ0n) is 11.6. The lowest BCUT2D eigenvalue weighted by molar-refractivity contribution is 0.928. The van der Waals surface area contributed by atoms with Crippen molar-refractivity contribution in [3.05, 3.63) is 41.7 Å². The van der Waals surface area contributed by atoms with Crippen LogP contribution < -0.4 is 16.6 Å². The van der Waals surface area contributed by atoms with Crippen LogP contribution in [0.3, 0.4) is 0 Å². The number of hydrogen-bond acceptors (Lipinski definition) is 5. The summed E-state index contributed by atoms with van der Waals surface area (Å²) in [6.45, 7) is 2.14. The van der Waals surface area contributed by atoms with Crippen LogP contribution in [0.1, 0.15) is 37.1 Å². The number of aromatic nitrogens is 2. The molecule has 0 aliphatic heterocycles. The van der Waals surface area contributed by atoms with E-state index in [0.717, 1.165) is 23.8 Å². The quantitative estimate of drug-likeness (QED) is 0.574. The second-order valence-electron chi connectivity index (χ2n) is 5.05. The number of para-hydroxylation sites is 1. The van der Waals surface area contributed by atoms with Crippen LogP contribution in [0.25, 0.3) is 0 Å². The molecule has 5 nitrogen and oxygen atoms in total. The van der Waals surface area contributed by atoms with E-state index >= 15 is 0 Å². The fourth-order valence-electron chi connectivity index (χ4n) is 2.22. The molecule has 3 rings (SSSR count). The maximum Gasteiger partial charge on any atom is 0.145 e. The summed E-state index contributed by atoms with van der Waals surface area (Å²) >= 11 is 0. The zero-order valence-corrected chi connectivity index (χ0v) is 11.6. The van der Waals surface area contributed by atoms with E-state index < -0.39 is 0 Å². The molecule has 1 aliphatic rings. The Labute approximate surface area is 118 Å². The Hall–Kier alpha value is -2.14. The molecule has 1 aromatic carbocycles. The third-order valence-corrected chi connectivity index (χ3v) is 3.49. The second-order valence-corrected chi connectivity index (χ2v) is 5.05. The first-order valence-corrected chi connectivity index (χ1v) is 7.00. The number of nitrogens with zero attached hydrogens (tertiary/aromatic N) is 2. The van der Waals surface area contributed by atoms with Crippen molar-refractivity contribution in [2.45, 2.75) is 32.1 Å². The fraction of sp³-hybridized carbons (Fsp3) is 0.333. The van der Waals surface area contributed by atoms with Gasteiger partial charge in [-0.05, 0) is 30.9 Å². The zero-order chi connectivity index (χ0) is 13.9. The first-order valence-electron chi connectivity index (χ1n) is 7.00. The fourth-order valence-corrected chi connectivity index (χ4v) is 2.22. The number of hydrazine groups is 1. The standard InChI is InChI=1S/C15H19N5/c1-2-10-5-3-4-6-12(10)17-13-9-14(20-16)19-15(18-13)11-7-8-11/h3-6,9,11H,2,7-8,16H2,1H3,(H2,17,18,19,20). The lowest BCUT2D eigenvalue weighted by atomic mass is 10.1. The molecular weight excluding hydrogens is 250 g/mol. The number of nitrogen functional groups attached to an aromatic ring is 1. The maximum absolute atomic E-state index is 5.49. The highest BCUT2D eigenvalue weighted by Gasteiger charge is 2.27. The van der Waals surface area contributed by atoms with Gasteiger partial charge in [0.2, 0.25) is 0 Å². The largest absolute Gasteiger partial charge is 0.340 e. The van der Waals surface area contributed by atoms with E-state index in [0.29, 0.717) is 11.7 Å². The third kappa shape index (κ3) is 2.72. The van der Waals surface area contributed by atoms with Crippen molar-refractivity contribution in [2.75, 3.05) is 10.7 Å². The van der Waals surface area contributed by atoms with Crippen LogP contribution in [0.15, 0.2) is 30.3 Å². The summed E-state index contributed by atoms with van der Waals surface area (Å²) < 4.78 is 0. The van der Waals surface area contributed by atoms with Gasteiger partial charge in [-0.3, -0.25) is 0 Å². The number of nitrogens with one attached hydrogen (secondary N) is 2. The van der Waals surface area contributed by atoms with Gasteiger partial charge in [-0.25, -0.2) is 15.8 Å². The molecule has 0 saturated heterocycles. The summed E-state index contributed by atoms with van der Waals surface area (Å²) in [5.74, 6) is 8.29. The monoisotopic (exact) mass is 269 g/mol. The van der Waals surface area contributed by atoms with Crippen LogP contribution in [-0.4, -0.2) is 9.97 Å². The minimum absolute atomic E-state index is 0.491.